The molecule has 0 bridgehead atoms. The number of aliphatic imine (C=N–C) groups is 1. The predicted octanol–water partition coefficient (Wildman–Crippen LogP) is 4.67. The number of fused-ring (bicyclic) bond motifs is 1. The van der Waals surface area contributed by atoms with Crippen molar-refractivity contribution in [1.82, 2.24) is 5.32 Å². The molecule has 1 unspecified atom stereocenters. The van der Waals surface area contributed by atoms with E-state index in [0.29, 0.717) is 6.04 Å². The van der Waals surface area contributed by atoms with E-state index in [2.05, 4.69) is 55.3 Å². The van der Waals surface area contributed by atoms with Crippen molar-refractivity contribution in [3.8, 4) is 0 Å². The number of thiophene rings is 1. The van der Waals surface area contributed by atoms with Gasteiger partial charge in [0.15, 0.2) is 0 Å². The van der Waals surface area contributed by atoms with Gasteiger partial charge in [0.25, 0.3) is 0 Å². The number of hydrogen-bond acceptors (Lipinski definition) is 4. The molecular weight excluding hydrogens is 314 g/mol. The average molecular weight is 346 g/mol. The van der Waals surface area contributed by atoms with Crippen LogP contribution >= 0.6 is 11.3 Å². The molecule has 0 aliphatic carbocycles. The molecule has 1 aromatic carbocycles. The van der Waals surface area contributed by atoms with Crippen LogP contribution in [0.1, 0.15) is 50.0 Å². The van der Waals surface area contributed by atoms with Crippen molar-refractivity contribution >= 4 is 27.3 Å². The highest BCUT2D eigenvalue weighted by atomic mass is 32.1. The van der Waals surface area contributed by atoms with Gasteiger partial charge in [-0.05, 0) is 37.3 Å². The first-order chi connectivity index (χ1) is 11.6. The molecule has 1 aliphatic rings. The second-order valence-corrected chi connectivity index (χ2v) is 7.79. The van der Waals surface area contributed by atoms with Crippen molar-refractivity contribution in [2.24, 2.45) is 10.7 Å². The molecule has 0 spiro atoms. The minimum atomic E-state index is 0.404. The van der Waals surface area contributed by atoms with Crippen LogP contribution in [0.15, 0.2) is 29.3 Å². The lowest BCUT2D eigenvalue weighted by molar-refractivity contribution is 0.592. The summed E-state index contributed by atoms with van der Waals surface area (Å²) in [5.74, 6) is 1.15. The quantitative estimate of drug-likeness (QED) is 0.748. The summed E-state index contributed by atoms with van der Waals surface area (Å²) in [7, 11) is 0. The molecule has 3 N–H and O–H groups in total. The lowest BCUT2D eigenvalue weighted by Gasteiger charge is -2.02. The van der Waals surface area contributed by atoms with Crippen LogP contribution in [0.4, 0.5) is 0 Å². The molecule has 0 saturated heterocycles. The lowest BCUT2D eigenvalue weighted by atomic mass is 10.1. The Kier molecular flexibility index (Phi) is 7.73. The largest absolute Gasteiger partial charge is 0.372 e. The molecule has 2 heterocycles. The van der Waals surface area contributed by atoms with Crippen LogP contribution in [0.5, 0.6) is 0 Å². The third kappa shape index (κ3) is 5.60. The number of amidine groups is 1. The van der Waals surface area contributed by atoms with E-state index in [9.17, 15) is 0 Å². The highest BCUT2D eigenvalue weighted by molar-refractivity contribution is 7.19. The summed E-state index contributed by atoms with van der Waals surface area (Å²) < 4.78 is 1.38. The van der Waals surface area contributed by atoms with Gasteiger partial charge in [-0.3, -0.25) is 4.99 Å². The monoisotopic (exact) mass is 345 g/mol. The molecule has 0 saturated carbocycles. The van der Waals surface area contributed by atoms with Crippen LogP contribution in [0.25, 0.3) is 10.1 Å². The van der Waals surface area contributed by atoms with Gasteiger partial charge in [-0.15, -0.1) is 11.3 Å². The van der Waals surface area contributed by atoms with Crippen LogP contribution < -0.4 is 11.1 Å². The predicted molar refractivity (Wildman–Crippen MR) is 108 cm³/mol. The number of hydrogen-bond donors (Lipinski definition) is 2. The van der Waals surface area contributed by atoms with Gasteiger partial charge >= 0.3 is 0 Å². The minimum Gasteiger partial charge on any atom is -0.372 e. The van der Waals surface area contributed by atoms with E-state index in [-0.39, 0.29) is 0 Å². The topological polar surface area (TPSA) is 50.4 Å². The molecule has 0 radical (unpaired) electrons. The number of aryl methyl sites for hydroxylation is 1. The summed E-state index contributed by atoms with van der Waals surface area (Å²) in [4.78, 5) is 5.88. The van der Waals surface area contributed by atoms with Crippen LogP contribution in [-0.4, -0.2) is 25.0 Å². The van der Waals surface area contributed by atoms with Crippen LogP contribution in [-0.2, 0) is 6.42 Å². The molecule has 0 fully saturated rings. The Hall–Kier alpha value is -1.39. The van der Waals surface area contributed by atoms with Gasteiger partial charge in [0, 0.05) is 28.6 Å². The van der Waals surface area contributed by atoms with Gasteiger partial charge in [-0.25, -0.2) is 0 Å². The fraction of sp³-hybridized carbons (Fsp3) is 0.550. The summed E-state index contributed by atoms with van der Waals surface area (Å²) in [5, 5.41) is 4.73. The lowest BCUT2D eigenvalue weighted by Crippen LogP contribution is -2.20. The van der Waals surface area contributed by atoms with E-state index >= 15 is 0 Å². The van der Waals surface area contributed by atoms with Gasteiger partial charge < -0.3 is 11.1 Å². The molecule has 1 aromatic heterocycles. The maximum atomic E-state index is 5.53. The third-order valence-electron chi connectivity index (χ3n) is 4.25. The van der Waals surface area contributed by atoms with Crippen molar-refractivity contribution < 1.29 is 0 Å². The van der Waals surface area contributed by atoms with Crippen molar-refractivity contribution in [2.45, 2.75) is 58.9 Å². The molecule has 1 atom stereocenters. The zero-order chi connectivity index (χ0) is 17.4. The second kappa shape index (κ2) is 9.80. The molecule has 132 valence electrons. The molecule has 24 heavy (non-hydrogen) atoms. The Labute approximate surface area is 150 Å². The maximum Gasteiger partial charge on any atom is 0.101 e. The van der Waals surface area contributed by atoms with E-state index in [1.54, 1.807) is 0 Å². The molecule has 3 nitrogen and oxygen atoms in total. The summed E-state index contributed by atoms with van der Waals surface area (Å²) >= 11 is 1.88. The van der Waals surface area contributed by atoms with Crippen LogP contribution in [0.2, 0.25) is 0 Å². The number of nitrogens with one attached hydrogen (secondary N) is 1. The van der Waals surface area contributed by atoms with Gasteiger partial charge in [0.05, 0.1) is 6.54 Å². The Balaban J connectivity index is 0.000000224. The Morgan fingerprint density at radius 3 is 2.75 bits per heavy atom. The smallest absolute Gasteiger partial charge is 0.101 e. The SMILES string of the molecule is CCCCCC(C)N.Cc1sc2ccccc2c1CC1=NCCN1. The average Bonchev–Trinajstić information content (AvgIpc) is 3.17. The Morgan fingerprint density at radius 2 is 2.08 bits per heavy atom. The number of nitrogens with zero attached hydrogens (tertiary/aromatic N) is 1. The van der Waals surface area contributed by atoms with Gasteiger partial charge in [-0.1, -0.05) is 44.4 Å². The van der Waals surface area contributed by atoms with E-state index in [4.69, 9.17) is 5.73 Å². The number of rotatable bonds is 6. The zero-order valence-electron chi connectivity index (χ0n) is 15.3. The van der Waals surface area contributed by atoms with Crippen LogP contribution in [0.3, 0.4) is 0 Å². The van der Waals surface area contributed by atoms with E-state index < -0.39 is 0 Å². The van der Waals surface area contributed by atoms with E-state index in [0.717, 1.165) is 25.3 Å². The van der Waals surface area contributed by atoms with Crippen molar-refractivity contribution in [3.05, 3.63) is 34.7 Å². The second-order valence-electron chi connectivity index (χ2n) is 6.54. The first-order valence-electron chi connectivity index (χ1n) is 9.11. The summed E-state index contributed by atoms with van der Waals surface area (Å²) in [6, 6.07) is 9.03. The fourth-order valence-electron chi connectivity index (χ4n) is 2.89. The Bertz CT molecular complexity index is 658. The molecule has 4 heteroatoms. The summed E-state index contributed by atoms with van der Waals surface area (Å²) in [6.45, 7) is 8.40. The van der Waals surface area contributed by atoms with E-state index in [1.165, 1.54) is 46.2 Å². The molecule has 3 rings (SSSR count). The fourth-order valence-corrected chi connectivity index (χ4v) is 3.97. The number of unbranched alkanes of at least 4 members (excludes halogenated alkanes) is 2. The maximum absolute atomic E-state index is 5.53. The van der Waals surface area contributed by atoms with Crippen LogP contribution in [0, 0.1) is 6.92 Å². The number of nitrogens with two attached hydrogens (primary N) is 1. The summed E-state index contributed by atoms with van der Waals surface area (Å²) in [5.41, 5.74) is 6.97. The molecular formula is C20H31N3S. The zero-order valence-corrected chi connectivity index (χ0v) is 16.1. The first-order valence-corrected chi connectivity index (χ1v) is 9.93. The standard InChI is InChI=1S/C13H14N2S.C7H17N/c1-9-11(8-13-14-6-7-15-13)10-4-2-3-5-12(10)16-9;1-3-4-5-6-7(2)8/h2-5H,6-8H2,1H3,(H,14,15);7H,3-6,8H2,1-2H3. The molecule has 1 aliphatic heterocycles. The van der Waals surface area contributed by atoms with Gasteiger partial charge in [0.1, 0.15) is 5.84 Å². The van der Waals surface area contributed by atoms with E-state index in [1.807, 2.05) is 11.3 Å². The number of benzene rings is 1. The van der Waals surface area contributed by atoms with Crippen molar-refractivity contribution in [2.75, 3.05) is 13.1 Å². The minimum absolute atomic E-state index is 0.404. The van der Waals surface area contributed by atoms with Gasteiger partial charge in [0.2, 0.25) is 0 Å². The molecule has 2 aromatic rings. The normalized spacial score (nSPS) is 14.8. The van der Waals surface area contributed by atoms with Gasteiger partial charge in [-0.2, -0.15) is 0 Å². The first kappa shape index (κ1) is 18.9. The highest BCUT2D eigenvalue weighted by Crippen LogP contribution is 2.31. The summed E-state index contributed by atoms with van der Waals surface area (Å²) in [6.07, 6.45) is 6.08. The third-order valence-corrected chi connectivity index (χ3v) is 5.38. The van der Waals surface area contributed by atoms with Crippen molar-refractivity contribution in [3.63, 3.8) is 0 Å². The van der Waals surface area contributed by atoms with Crippen molar-refractivity contribution in [1.29, 1.82) is 0 Å². The molecule has 0 amide bonds. The highest BCUT2D eigenvalue weighted by Gasteiger charge is 2.12. The Morgan fingerprint density at radius 1 is 1.29 bits per heavy atom.